The van der Waals surface area contributed by atoms with Crippen molar-refractivity contribution in [3.8, 4) is 0 Å². The number of ether oxygens (including phenoxy) is 3. The highest BCUT2D eigenvalue weighted by Crippen LogP contribution is 2.48. The number of nitrogens with one attached hydrogen (secondary N) is 1. The van der Waals surface area contributed by atoms with E-state index in [1.807, 2.05) is 60.7 Å². The number of carbonyl (C=O) groups is 5. The smallest absolute Gasteiger partial charge is 0.356 e. The van der Waals surface area contributed by atoms with Crippen molar-refractivity contribution in [2.24, 2.45) is 17.0 Å². The highest BCUT2D eigenvalue weighted by Gasteiger charge is 2.58. The second kappa shape index (κ2) is 19.1. The van der Waals surface area contributed by atoms with Crippen molar-refractivity contribution in [3.05, 3.63) is 98.1 Å². The summed E-state index contributed by atoms with van der Waals surface area (Å²) in [6.45, 7) is 13.4. The molecule has 14 nitrogen and oxygen atoms in total. The van der Waals surface area contributed by atoms with Gasteiger partial charge in [0.25, 0.3) is 11.8 Å². The molecule has 4 aliphatic rings. The Kier molecular flexibility index (Phi) is 14.1. The summed E-state index contributed by atoms with van der Waals surface area (Å²) < 4.78 is 31.6. The van der Waals surface area contributed by atoms with Crippen molar-refractivity contribution in [1.82, 2.24) is 15.2 Å². The number of nitrogens with zero attached hydrogens (tertiary/aromatic N) is 3. The van der Waals surface area contributed by atoms with Crippen molar-refractivity contribution in [2.45, 2.75) is 141 Å². The van der Waals surface area contributed by atoms with Crippen LogP contribution in [0.15, 0.2) is 77.1 Å². The molecule has 0 bridgehead atoms. The molecule has 65 heavy (non-hydrogen) atoms. The Balaban J connectivity index is 1.17. The average molecular weight is 950 g/mol. The van der Waals surface area contributed by atoms with E-state index in [9.17, 15) is 28.2 Å². The van der Waals surface area contributed by atoms with E-state index in [1.165, 1.54) is 18.7 Å². The van der Waals surface area contributed by atoms with Gasteiger partial charge in [-0.25, -0.2) is 14.6 Å². The van der Waals surface area contributed by atoms with Crippen LogP contribution in [0.3, 0.4) is 0 Å². The molecule has 2 aromatic carbocycles. The number of fused-ring (bicyclic) bond motifs is 1. The molecule has 3 aromatic rings. The molecule has 2 aliphatic heterocycles. The third-order valence-corrected chi connectivity index (χ3v) is 14.8. The average Bonchev–Trinajstić information content (AvgIpc) is 3.57. The zero-order chi connectivity index (χ0) is 47.0. The van der Waals surface area contributed by atoms with Gasteiger partial charge < -0.3 is 24.4 Å². The first kappa shape index (κ1) is 48.0. The number of amides is 2. The maximum atomic E-state index is 14.5. The molecule has 2 amide bonds. The van der Waals surface area contributed by atoms with E-state index in [0.717, 1.165) is 54.6 Å². The van der Waals surface area contributed by atoms with Gasteiger partial charge in [0.1, 0.15) is 38.3 Å². The van der Waals surface area contributed by atoms with Crippen LogP contribution in [0.1, 0.15) is 134 Å². The van der Waals surface area contributed by atoms with Crippen LogP contribution >= 0.6 is 22.9 Å². The Morgan fingerprint density at radius 3 is 2.06 bits per heavy atom. The topological polar surface area (TPSA) is 180 Å². The molecular formula is C48H57ClN4O10S2. The summed E-state index contributed by atoms with van der Waals surface area (Å²) in [4.78, 5) is 81.1. The second-order valence-corrected chi connectivity index (χ2v) is 22.8. The molecule has 2 aliphatic carbocycles. The van der Waals surface area contributed by atoms with Crippen LogP contribution in [0, 0.1) is 11.8 Å². The van der Waals surface area contributed by atoms with Crippen LogP contribution in [0.2, 0.25) is 4.34 Å². The molecular weight excluding hydrogens is 892 g/mol. The number of esters is 3. The molecule has 17 heteroatoms. The summed E-state index contributed by atoms with van der Waals surface area (Å²) >= 11 is 7.95. The van der Waals surface area contributed by atoms with E-state index >= 15 is 0 Å². The fraction of sp³-hybridized carbons (Fsp3) is 0.521. The van der Waals surface area contributed by atoms with Gasteiger partial charge in [-0.3, -0.25) is 23.5 Å². The Morgan fingerprint density at radius 2 is 1.52 bits per heavy atom. The zero-order valence-corrected chi connectivity index (χ0v) is 40.4. The summed E-state index contributed by atoms with van der Waals surface area (Å²) in [6.07, 6.45) is 4.28. The van der Waals surface area contributed by atoms with Gasteiger partial charge in [0.15, 0.2) is 11.8 Å². The number of carbonyl (C=O) groups excluding carboxylic acids is 5. The molecule has 2 saturated carbocycles. The summed E-state index contributed by atoms with van der Waals surface area (Å²) in [5, 5.41) is 6.31. The molecule has 5 atom stereocenters. The fourth-order valence-corrected chi connectivity index (χ4v) is 11.2. The molecule has 7 rings (SSSR count). The lowest BCUT2D eigenvalue weighted by Crippen LogP contribution is -2.74. The molecule has 3 heterocycles. The fourth-order valence-electron chi connectivity index (χ4n) is 8.15. The lowest BCUT2D eigenvalue weighted by atomic mass is 9.72. The van der Waals surface area contributed by atoms with Crippen molar-refractivity contribution >= 4 is 69.2 Å². The van der Waals surface area contributed by atoms with Gasteiger partial charge in [-0.05, 0) is 103 Å². The van der Waals surface area contributed by atoms with Crippen LogP contribution in [-0.4, -0.2) is 83.5 Å². The summed E-state index contributed by atoms with van der Waals surface area (Å²) in [6, 6.07) is 17.2. The molecule has 348 valence electrons. The minimum atomic E-state index is -1.73. The first-order valence-corrected chi connectivity index (χ1v) is 24.6. The summed E-state index contributed by atoms with van der Waals surface area (Å²) in [5.41, 5.74) is -1.63. The number of hydrogen-bond acceptors (Lipinski definition) is 13. The van der Waals surface area contributed by atoms with Crippen molar-refractivity contribution < 1.29 is 47.2 Å². The van der Waals surface area contributed by atoms with Crippen LogP contribution in [-0.2, 0) is 53.8 Å². The number of hydrogen-bond donors (Lipinski definition) is 1. The number of rotatable bonds is 15. The van der Waals surface area contributed by atoms with Crippen LogP contribution in [0.4, 0.5) is 0 Å². The first-order valence-electron chi connectivity index (χ1n) is 22.0. The van der Waals surface area contributed by atoms with E-state index < -0.39 is 74.6 Å². The number of β-lactam (4-membered cyclic amide) rings is 1. The maximum absolute atomic E-state index is 14.5. The largest absolute Gasteiger partial charge is 0.460 e. The van der Waals surface area contributed by atoms with E-state index in [1.54, 1.807) is 41.5 Å². The lowest BCUT2D eigenvalue weighted by molar-refractivity contribution is -0.179. The van der Waals surface area contributed by atoms with Gasteiger partial charge >= 0.3 is 17.9 Å². The van der Waals surface area contributed by atoms with E-state index in [4.69, 9.17) is 35.6 Å². The normalized spacial score (nSPS) is 22.6. The van der Waals surface area contributed by atoms with E-state index in [2.05, 4.69) is 10.5 Å². The highest BCUT2D eigenvalue weighted by atomic mass is 35.5. The maximum Gasteiger partial charge on any atom is 0.356 e. The third-order valence-electron chi connectivity index (χ3n) is 11.8. The van der Waals surface area contributed by atoms with Crippen LogP contribution in [0.25, 0.3) is 0 Å². The zero-order valence-electron chi connectivity index (χ0n) is 38.0. The Labute approximate surface area is 391 Å². The van der Waals surface area contributed by atoms with Gasteiger partial charge in [0.05, 0.1) is 15.8 Å². The minimum Gasteiger partial charge on any atom is -0.460 e. The van der Waals surface area contributed by atoms with Gasteiger partial charge in [0, 0.05) is 18.1 Å². The van der Waals surface area contributed by atoms with Gasteiger partial charge in [0.2, 0.25) is 5.60 Å². The van der Waals surface area contributed by atoms with E-state index in [-0.39, 0.29) is 51.6 Å². The Bertz CT molecular complexity index is 2360. The highest BCUT2D eigenvalue weighted by molar-refractivity contribution is 7.86. The standard InChI is InChI=1S/C48H57ClN4O10S2/c1-46(2,3)61-33(54)25-30-22-23-32(30)41-51-34(39(49)64-41)35(52-63-48(7,8)45(58)62-47(4,5)6)40(55)50-36-42(56)53-37(31(24-27-16-15-17-27)26-65(59)43(36)53)44(57)60-38(28-18-11-9-12-19-28)29-20-13-10-14-21-29/h9-14,18-21,27,30,32,36,38,43H,15-17,22-26H2,1-8H3,(H,50,55). The van der Waals surface area contributed by atoms with Gasteiger partial charge in [-0.2, -0.15) is 0 Å². The summed E-state index contributed by atoms with van der Waals surface area (Å²) in [7, 11) is -1.73. The third kappa shape index (κ3) is 11.0. The SMILES string of the molecule is CC(C)(C)OC(=O)CC1CCC1c1nc(C(=NOC(C)(C)C(=O)OC(C)(C)C)C(=O)NC2C(=O)N3C(C(=O)OC(c4ccccc4)c4ccccc4)=C(CC4CCC4)CS(=O)C23)c(Cl)s1. The van der Waals surface area contributed by atoms with Gasteiger partial charge in [-0.15, -0.1) is 11.3 Å². The number of halogens is 1. The predicted octanol–water partition coefficient (Wildman–Crippen LogP) is 8.06. The molecule has 1 saturated heterocycles. The summed E-state index contributed by atoms with van der Waals surface area (Å²) in [5.74, 6) is -3.39. The Morgan fingerprint density at radius 1 is 0.908 bits per heavy atom. The lowest BCUT2D eigenvalue weighted by Gasteiger charge is -2.49. The second-order valence-electron chi connectivity index (χ2n) is 19.6. The molecule has 1 aromatic heterocycles. The molecule has 3 fully saturated rings. The van der Waals surface area contributed by atoms with Crippen LogP contribution in [0.5, 0.6) is 0 Å². The quantitative estimate of drug-likeness (QED) is 0.0512. The number of thiazole rings is 1. The minimum absolute atomic E-state index is 0.00432. The molecule has 1 N–H and O–H groups in total. The molecule has 0 radical (unpaired) electrons. The van der Waals surface area contributed by atoms with E-state index in [0.29, 0.717) is 17.0 Å². The number of oxime groups is 1. The molecule has 0 spiro atoms. The van der Waals surface area contributed by atoms with Crippen molar-refractivity contribution in [1.29, 1.82) is 0 Å². The van der Waals surface area contributed by atoms with Crippen molar-refractivity contribution in [3.63, 3.8) is 0 Å². The Hall–Kier alpha value is -4.93. The van der Waals surface area contributed by atoms with Crippen molar-refractivity contribution in [2.75, 3.05) is 5.75 Å². The number of benzene rings is 2. The first-order chi connectivity index (χ1) is 30.6. The monoisotopic (exact) mass is 948 g/mol. The van der Waals surface area contributed by atoms with Gasteiger partial charge in [-0.1, -0.05) is 96.7 Å². The molecule has 5 unspecified atom stereocenters. The number of aromatic nitrogens is 1. The predicted molar refractivity (Wildman–Crippen MR) is 246 cm³/mol. The van der Waals surface area contributed by atoms with Crippen LogP contribution < -0.4 is 5.32 Å².